The van der Waals surface area contributed by atoms with E-state index in [0.29, 0.717) is 6.04 Å². The van der Waals surface area contributed by atoms with Gasteiger partial charge in [0, 0.05) is 10.9 Å². The predicted molar refractivity (Wildman–Crippen MR) is 72.1 cm³/mol. The molecule has 1 heterocycles. The van der Waals surface area contributed by atoms with E-state index in [0.717, 1.165) is 5.92 Å². The maximum Gasteiger partial charge on any atom is 0.0900 e. The lowest BCUT2D eigenvalue weighted by Crippen LogP contribution is -2.18. The van der Waals surface area contributed by atoms with E-state index in [1.165, 1.54) is 34.8 Å². The number of hydrogen-bond acceptors (Lipinski definition) is 3. The molecule has 0 bridgehead atoms. The van der Waals surface area contributed by atoms with Crippen LogP contribution in [0.1, 0.15) is 54.7 Å². The van der Waals surface area contributed by atoms with Gasteiger partial charge in [0.05, 0.1) is 10.7 Å². The molecule has 0 aromatic carbocycles. The number of rotatable bonds is 6. The molecule has 2 unspecified atom stereocenters. The number of thiazole rings is 1. The zero-order valence-electron chi connectivity index (χ0n) is 11.1. The van der Waals surface area contributed by atoms with Crippen molar-refractivity contribution in [3.63, 3.8) is 0 Å². The lowest BCUT2D eigenvalue weighted by atomic mass is 9.96. The minimum absolute atomic E-state index is 0.479. The van der Waals surface area contributed by atoms with Crippen LogP contribution in [0.15, 0.2) is 0 Å². The quantitative estimate of drug-likeness (QED) is 0.817. The van der Waals surface area contributed by atoms with E-state index < -0.39 is 0 Å². The van der Waals surface area contributed by atoms with Crippen LogP contribution in [0, 0.1) is 19.8 Å². The number of hydrogen-bond donors (Lipinski definition) is 1. The van der Waals surface area contributed by atoms with Gasteiger partial charge in [-0.2, -0.15) is 0 Å². The Kier molecular flexibility index (Phi) is 5.42. The molecule has 0 spiro atoms. The first-order valence-corrected chi connectivity index (χ1v) is 7.01. The second-order valence-electron chi connectivity index (χ2n) is 4.65. The molecule has 0 fully saturated rings. The molecule has 0 saturated heterocycles. The molecule has 2 nitrogen and oxygen atoms in total. The minimum Gasteiger partial charge on any atom is -0.312 e. The Morgan fingerprint density at radius 2 is 2.06 bits per heavy atom. The fraction of sp³-hybridized carbons (Fsp3) is 0.769. The molecule has 3 heteroatoms. The smallest absolute Gasteiger partial charge is 0.0900 e. The fourth-order valence-electron chi connectivity index (χ4n) is 2.24. The summed E-state index contributed by atoms with van der Waals surface area (Å²) in [6.45, 7) is 8.81. The van der Waals surface area contributed by atoms with Gasteiger partial charge in [0.15, 0.2) is 0 Å². The SMILES string of the molecule is CCCC(C)CC(NC)c1sc(C)nc1C. The maximum atomic E-state index is 4.51. The summed E-state index contributed by atoms with van der Waals surface area (Å²) < 4.78 is 0. The van der Waals surface area contributed by atoms with Gasteiger partial charge in [0.2, 0.25) is 0 Å². The van der Waals surface area contributed by atoms with Crippen molar-refractivity contribution >= 4 is 11.3 Å². The zero-order chi connectivity index (χ0) is 12.1. The molecule has 1 N–H and O–H groups in total. The summed E-state index contributed by atoms with van der Waals surface area (Å²) in [5.74, 6) is 0.782. The van der Waals surface area contributed by atoms with Crippen molar-refractivity contribution in [3.8, 4) is 0 Å². The molecule has 0 saturated carbocycles. The van der Waals surface area contributed by atoms with Crippen LogP contribution >= 0.6 is 11.3 Å². The number of nitrogens with one attached hydrogen (secondary N) is 1. The summed E-state index contributed by atoms with van der Waals surface area (Å²) in [5, 5.41) is 4.61. The van der Waals surface area contributed by atoms with E-state index in [1.807, 2.05) is 11.3 Å². The number of aromatic nitrogens is 1. The number of aryl methyl sites for hydroxylation is 2. The summed E-state index contributed by atoms with van der Waals surface area (Å²) in [4.78, 5) is 5.93. The Morgan fingerprint density at radius 1 is 1.38 bits per heavy atom. The molecule has 0 radical (unpaired) electrons. The van der Waals surface area contributed by atoms with E-state index in [9.17, 15) is 0 Å². The topological polar surface area (TPSA) is 24.9 Å². The molecule has 2 atom stereocenters. The lowest BCUT2D eigenvalue weighted by molar-refractivity contribution is 0.409. The summed E-state index contributed by atoms with van der Waals surface area (Å²) in [6, 6.07) is 0.479. The average molecular weight is 240 g/mol. The van der Waals surface area contributed by atoms with Crippen molar-refractivity contribution in [1.29, 1.82) is 0 Å². The Hall–Kier alpha value is -0.410. The lowest BCUT2D eigenvalue weighted by Gasteiger charge is -2.19. The number of nitrogens with zero attached hydrogens (tertiary/aromatic N) is 1. The van der Waals surface area contributed by atoms with Crippen molar-refractivity contribution in [2.24, 2.45) is 5.92 Å². The summed E-state index contributed by atoms with van der Waals surface area (Å²) >= 11 is 1.83. The molecule has 1 aromatic heterocycles. The first-order valence-electron chi connectivity index (χ1n) is 6.19. The van der Waals surface area contributed by atoms with Crippen molar-refractivity contribution in [1.82, 2.24) is 10.3 Å². The van der Waals surface area contributed by atoms with Gasteiger partial charge in [-0.15, -0.1) is 11.3 Å². The van der Waals surface area contributed by atoms with Gasteiger partial charge in [0.1, 0.15) is 0 Å². The normalized spacial score (nSPS) is 15.1. The van der Waals surface area contributed by atoms with Crippen LogP contribution in [0.3, 0.4) is 0 Å². The van der Waals surface area contributed by atoms with E-state index >= 15 is 0 Å². The van der Waals surface area contributed by atoms with Crippen molar-refractivity contribution < 1.29 is 0 Å². The molecular formula is C13H24N2S. The third kappa shape index (κ3) is 3.56. The van der Waals surface area contributed by atoms with Crippen molar-refractivity contribution in [2.75, 3.05) is 7.05 Å². The van der Waals surface area contributed by atoms with E-state index in [-0.39, 0.29) is 0 Å². The highest BCUT2D eigenvalue weighted by Gasteiger charge is 2.18. The van der Waals surface area contributed by atoms with Gasteiger partial charge < -0.3 is 5.32 Å². The monoisotopic (exact) mass is 240 g/mol. The van der Waals surface area contributed by atoms with Crippen LogP contribution in [0.25, 0.3) is 0 Å². The second-order valence-corrected chi connectivity index (χ2v) is 5.89. The Morgan fingerprint density at radius 3 is 2.50 bits per heavy atom. The van der Waals surface area contributed by atoms with Crippen molar-refractivity contribution in [2.45, 2.75) is 53.0 Å². The zero-order valence-corrected chi connectivity index (χ0v) is 11.9. The van der Waals surface area contributed by atoms with Crippen molar-refractivity contribution in [3.05, 3.63) is 15.6 Å². The second kappa shape index (κ2) is 6.36. The molecule has 0 amide bonds. The van der Waals surface area contributed by atoms with Gasteiger partial charge in [-0.3, -0.25) is 0 Å². The van der Waals surface area contributed by atoms with Crippen LogP contribution < -0.4 is 5.32 Å². The predicted octanol–water partition coefficient (Wildman–Crippen LogP) is 3.85. The Bertz CT molecular complexity index is 320. The standard InChI is InChI=1S/C13H24N2S/c1-6-7-9(2)8-12(14-5)13-10(3)15-11(4)16-13/h9,12,14H,6-8H2,1-5H3. The van der Waals surface area contributed by atoms with Gasteiger partial charge >= 0.3 is 0 Å². The average Bonchev–Trinajstić information content (AvgIpc) is 2.55. The van der Waals surface area contributed by atoms with Gasteiger partial charge in [-0.05, 0) is 33.2 Å². The van der Waals surface area contributed by atoms with Crippen LogP contribution in [-0.2, 0) is 0 Å². The van der Waals surface area contributed by atoms with E-state index in [1.54, 1.807) is 0 Å². The highest BCUT2D eigenvalue weighted by atomic mass is 32.1. The largest absolute Gasteiger partial charge is 0.312 e. The molecule has 1 rings (SSSR count). The third-order valence-electron chi connectivity index (χ3n) is 3.02. The molecule has 0 aliphatic heterocycles. The molecule has 0 aliphatic carbocycles. The van der Waals surface area contributed by atoms with Gasteiger partial charge in [-0.1, -0.05) is 26.7 Å². The highest BCUT2D eigenvalue weighted by molar-refractivity contribution is 7.11. The van der Waals surface area contributed by atoms with E-state index in [4.69, 9.17) is 0 Å². The van der Waals surface area contributed by atoms with Crippen LogP contribution in [-0.4, -0.2) is 12.0 Å². The molecule has 92 valence electrons. The highest BCUT2D eigenvalue weighted by Crippen LogP contribution is 2.30. The minimum atomic E-state index is 0.479. The first-order chi connectivity index (χ1) is 7.58. The van der Waals surface area contributed by atoms with Crippen LogP contribution in [0.4, 0.5) is 0 Å². The first kappa shape index (κ1) is 13.7. The summed E-state index contributed by atoms with van der Waals surface area (Å²) in [5.41, 5.74) is 1.20. The maximum absolute atomic E-state index is 4.51. The molecule has 0 aliphatic rings. The van der Waals surface area contributed by atoms with Gasteiger partial charge in [0.25, 0.3) is 0 Å². The summed E-state index contributed by atoms with van der Waals surface area (Å²) in [6.07, 6.45) is 3.81. The molecule has 1 aromatic rings. The van der Waals surface area contributed by atoms with Crippen LogP contribution in [0.5, 0.6) is 0 Å². The van der Waals surface area contributed by atoms with Gasteiger partial charge in [-0.25, -0.2) is 4.98 Å². The van der Waals surface area contributed by atoms with Crippen LogP contribution in [0.2, 0.25) is 0 Å². The summed E-state index contributed by atoms with van der Waals surface area (Å²) in [7, 11) is 2.05. The Balaban J connectivity index is 2.70. The van der Waals surface area contributed by atoms with E-state index in [2.05, 4.69) is 45.0 Å². The molecular weight excluding hydrogens is 216 g/mol. The molecule has 16 heavy (non-hydrogen) atoms. The third-order valence-corrected chi connectivity index (χ3v) is 4.21. The fourth-order valence-corrected chi connectivity index (χ4v) is 3.29. The Labute approximate surface area is 103 Å².